The van der Waals surface area contributed by atoms with Gasteiger partial charge in [-0.1, -0.05) is 36.4 Å². The Bertz CT molecular complexity index is 1340. The maximum absolute atomic E-state index is 11.5. The van der Waals surface area contributed by atoms with Gasteiger partial charge in [-0.15, -0.1) is 0 Å². The third-order valence-corrected chi connectivity index (χ3v) is 5.19. The van der Waals surface area contributed by atoms with Gasteiger partial charge in [-0.05, 0) is 46.9 Å². The van der Waals surface area contributed by atoms with Gasteiger partial charge >= 0.3 is 16.0 Å². The number of nitrogen functional groups attached to an aromatic ring is 1. The molecule has 16 heteroatoms. The third kappa shape index (κ3) is 9.84. The number of isocyanates is 1. The third-order valence-electron chi connectivity index (χ3n) is 3.55. The molecule has 0 saturated heterocycles. The van der Waals surface area contributed by atoms with Gasteiger partial charge < -0.3 is 11.1 Å². The lowest BCUT2D eigenvalue weighted by Crippen LogP contribution is -2.19. The Hall–Kier alpha value is -5.05. The maximum atomic E-state index is 11.5. The van der Waals surface area contributed by atoms with E-state index in [0.717, 1.165) is 35.1 Å². The van der Waals surface area contributed by atoms with Crippen molar-refractivity contribution >= 4 is 66.4 Å². The van der Waals surface area contributed by atoms with E-state index < -0.39 is 15.9 Å². The average molecular weight is 529 g/mol. The highest BCUT2D eigenvalue weighted by molar-refractivity contribution is 7.19. The minimum Gasteiger partial charge on any atom is -0.375 e. The van der Waals surface area contributed by atoms with Gasteiger partial charge in [0.1, 0.15) is 12.4 Å². The Morgan fingerprint density at radius 3 is 1.92 bits per heavy atom. The molecule has 4 N–H and O–H groups in total. The molecule has 4 rings (SSSR count). The topological polar surface area (TPSA) is 209 Å². The van der Waals surface area contributed by atoms with Crippen LogP contribution in [0.3, 0.4) is 0 Å². The maximum Gasteiger partial charge on any atom is 0.345 e. The number of para-hydroxylation sites is 2. The van der Waals surface area contributed by atoms with Crippen LogP contribution in [0.5, 0.6) is 0 Å². The van der Waals surface area contributed by atoms with Gasteiger partial charge in [0.05, 0.1) is 15.5 Å². The van der Waals surface area contributed by atoms with E-state index in [1.54, 1.807) is 36.4 Å². The number of benzene rings is 2. The summed E-state index contributed by atoms with van der Waals surface area (Å²) in [5, 5.41) is 25.6. The Balaban J connectivity index is 0.000000212. The lowest BCUT2D eigenvalue weighted by Gasteiger charge is -2.04. The van der Waals surface area contributed by atoms with Crippen LogP contribution in [-0.2, 0) is 4.79 Å². The van der Waals surface area contributed by atoms with E-state index in [1.807, 2.05) is 24.3 Å². The van der Waals surface area contributed by atoms with E-state index >= 15 is 0 Å². The van der Waals surface area contributed by atoms with Crippen LogP contribution in [0.2, 0.25) is 0 Å². The summed E-state index contributed by atoms with van der Waals surface area (Å²) < 4.78 is 0. The minimum absolute atomic E-state index is 0.0208. The Morgan fingerprint density at radius 1 is 0.889 bits per heavy atom. The van der Waals surface area contributed by atoms with Crippen molar-refractivity contribution in [1.82, 2.24) is 9.97 Å². The van der Waals surface area contributed by atoms with Crippen molar-refractivity contribution < 1.29 is 19.4 Å². The zero-order valence-electron chi connectivity index (χ0n) is 18.0. The fraction of sp³-hybridized carbons (Fsp3) is 0. The lowest BCUT2D eigenvalue weighted by molar-refractivity contribution is -0.380. The molecule has 0 bridgehead atoms. The Labute approximate surface area is 210 Å². The normalized spacial score (nSPS) is 9.22. The molecule has 14 nitrogen and oxygen atoms in total. The van der Waals surface area contributed by atoms with Crippen molar-refractivity contribution in [1.29, 1.82) is 0 Å². The number of nitro groups is 2. The molecular weight excluding hydrogens is 512 g/mol. The molecule has 4 aromatic rings. The number of nitrogens with one attached hydrogen (secondary N) is 2. The molecule has 2 aromatic heterocycles. The predicted molar refractivity (Wildman–Crippen MR) is 135 cm³/mol. The van der Waals surface area contributed by atoms with E-state index in [4.69, 9.17) is 5.73 Å². The Kier molecular flexibility index (Phi) is 10.8. The summed E-state index contributed by atoms with van der Waals surface area (Å²) >= 11 is 1.66. The Morgan fingerprint density at radius 2 is 1.44 bits per heavy atom. The van der Waals surface area contributed by atoms with Gasteiger partial charge in [-0.2, -0.15) is 4.99 Å². The van der Waals surface area contributed by atoms with Crippen LogP contribution in [-0.4, -0.2) is 31.9 Å². The van der Waals surface area contributed by atoms with Crippen LogP contribution < -0.4 is 16.4 Å². The lowest BCUT2D eigenvalue weighted by atomic mass is 10.3. The summed E-state index contributed by atoms with van der Waals surface area (Å²) in [7, 11) is 0. The number of hydrogen-bond donors (Lipinski definition) is 3. The molecule has 0 fully saturated rings. The molecule has 2 heterocycles. The first kappa shape index (κ1) is 27.2. The van der Waals surface area contributed by atoms with E-state index in [9.17, 15) is 29.8 Å². The van der Waals surface area contributed by atoms with Gasteiger partial charge in [-0.25, -0.2) is 19.6 Å². The summed E-state index contributed by atoms with van der Waals surface area (Å²) in [4.78, 5) is 51.1. The number of thiazole rings is 2. The predicted octanol–water partition coefficient (Wildman–Crippen LogP) is 4.98. The SMILES string of the molecule is Nc1ncc([N+](=O)[O-])s1.O=C(Nc1ccccc1)Nc1ncc([N+](=O)[O-])s1.O=C=Nc1ccccc1. The van der Waals surface area contributed by atoms with Crippen molar-refractivity contribution in [3.63, 3.8) is 0 Å². The van der Waals surface area contributed by atoms with E-state index in [-0.39, 0.29) is 20.3 Å². The highest BCUT2D eigenvalue weighted by Gasteiger charge is 2.13. The van der Waals surface area contributed by atoms with Crippen LogP contribution in [0.25, 0.3) is 0 Å². The summed E-state index contributed by atoms with van der Waals surface area (Å²) in [6, 6.07) is 17.3. The molecule has 184 valence electrons. The molecule has 2 amide bonds. The number of nitrogens with zero attached hydrogens (tertiary/aromatic N) is 5. The number of carbonyl (C=O) groups excluding carboxylic acids is 2. The van der Waals surface area contributed by atoms with Crippen molar-refractivity contribution in [2.24, 2.45) is 4.99 Å². The molecule has 36 heavy (non-hydrogen) atoms. The summed E-state index contributed by atoms with van der Waals surface area (Å²) in [6.07, 6.45) is 3.70. The average Bonchev–Trinajstić information content (AvgIpc) is 3.51. The van der Waals surface area contributed by atoms with Gasteiger partial charge in [0, 0.05) is 5.69 Å². The van der Waals surface area contributed by atoms with Crippen molar-refractivity contribution in [2.75, 3.05) is 16.4 Å². The first-order valence-corrected chi connectivity index (χ1v) is 11.1. The number of amides is 2. The molecule has 0 atom stereocenters. The van der Waals surface area contributed by atoms with Gasteiger partial charge in [-0.3, -0.25) is 25.5 Å². The number of nitrogens with two attached hydrogens (primary N) is 1. The van der Waals surface area contributed by atoms with Crippen LogP contribution in [0.4, 0.5) is 36.4 Å². The van der Waals surface area contributed by atoms with E-state index in [0.29, 0.717) is 11.4 Å². The monoisotopic (exact) mass is 528 g/mol. The molecule has 0 aliphatic carbocycles. The first-order chi connectivity index (χ1) is 17.3. The van der Waals surface area contributed by atoms with E-state index in [2.05, 4.69) is 25.6 Å². The quantitative estimate of drug-likeness (QED) is 0.138. The first-order valence-electron chi connectivity index (χ1n) is 9.50. The number of rotatable bonds is 5. The summed E-state index contributed by atoms with van der Waals surface area (Å²) in [5.74, 6) is 0. The van der Waals surface area contributed by atoms with Gasteiger partial charge in [0.2, 0.25) is 6.08 Å². The van der Waals surface area contributed by atoms with Crippen LogP contribution in [0.15, 0.2) is 78.0 Å². The smallest absolute Gasteiger partial charge is 0.345 e. The second kappa shape index (κ2) is 14.3. The zero-order chi connectivity index (χ0) is 26.3. The van der Waals surface area contributed by atoms with Crippen LogP contribution >= 0.6 is 22.7 Å². The number of hydrogen-bond acceptors (Lipinski definition) is 12. The van der Waals surface area contributed by atoms with Crippen molar-refractivity contribution in [2.45, 2.75) is 0 Å². The highest BCUT2D eigenvalue weighted by Crippen LogP contribution is 2.25. The van der Waals surface area contributed by atoms with Crippen molar-refractivity contribution in [3.8, 4) is 0 Å². The molecule has 0 saturated carbocycles. The molecule has 0 aliphatic heterocycles. The standard InChI is InChI=1S/C10H8N4O3S.C7H5NO.C3H3N3O2S/c15-9(12-7-4-2-1-3-5-7)13-10-11-6-8(18-10)14(16)17;9-6-8-7-4-2-1-3-5-7;4-3-5-1-2(9-3)6(7)8/h1-6H,(H2,11,12,13,15);1-5H;1H,(H2,4,5). The summed E-state index contributed by atoms with van der Waals surface area (Å²) in [6.45, 7) is 0. The van der Waals surface area contributed by atoms with Gasteiger partial charge in [0.25, 0.3) is 0 Å². The number of urea groups is 1. The number of aromatic nitrogens is 2. The largest absolute Gasteiger partial charge is 0.375 e. The summed E-state index contributed by atoms with van der Waals surface area (Å²) in [5.41, 5.74) is 6.39. The molecule has 2 aromatic carbocycles. The number of carbonyl (C=O) groups is 1. The second-order valence-electron chi connectivity index (χ2n) is 6.04. The fourth-order valence-electron chi connectivity index (χ4n) is 2.11. The highest BCUT2D eigenvalue weighted by atomic mass is 32.1. The van der Waals surface area contributed by atoms with Crippen molar-refractivity contribution in [3.05, 3.63) is 93.3 Å². The fourth-order valence-corrected chi connectivity index (χ4v) is 3.23. The molecule has 0 spiro atoms. The number of anilines is 3. The van der Waals surface area contributed by atoms with Crippen LogP contribution in [0.1, 0.15) is 0 Å². The molecule has 0 aliphatic rings. The molecule has 0 radical (unpaired) electrons. The molecular formula is C20H16N8O6S2. The number of aliphatic imine (C=N–C) groups is 1. The van der Waals surface area contributed by atoms with Gasteiger partial charge in [0.15, 0.2) is 10.3 Å². The zero-order valence-corrected chi connectivity index (χ0v) is 19.6. The second-order valence-corrected chi connectivity index (χ2v) is 8.09. The van der Waals surface area contributed by atoms with E-state index in [1.165, 1.54) is 6.08 Å². The minimum atomic E-state index is -0.558. The molecule has 0 unspecified atom stereocenters. The van der Waals surface area contributed by atoms with Crippen LogP contribution in [0, 0.1) is 20.2 Å².